The Bertz CT molecular complexity index is 894. The molecule has 1 amide bonds. The molecule has 0 unspecified atom stereocenters. The van der Waals surface area contributed by atoms with E-state index in [2.05, 4.69) is 29.4 Å². The zero-order valence-corrected chi connectivity index (χ0v) is 15.2. The fraction of sp³-hybridized carbons (Fsp3) is 0.316. The van der Waals surface area contributed by atoms with E-state index in [1.165, 1.54) is 5.56 Å². The maximum absolute atomic E-state index is 12.0. The van der Waals surface area contributed by atoms with Gasteiger partial charge in [0.25, 0.3) is 11.8 Å². The van der Waals surface area contributed by atoms with Gasteiger partial charge in [-0.3, -0.25) is 10.1 Å². The SMILES string of the molecule is Cc1cc(-c2nnc(NC(=O)COc3ccc(C(C)C)cc3)o2)c(C)o1. The van der Waals surface area contributed by atoms with Gasteiger partial charge in [0.1, 0.15) is 17.3 Å². The van der Waals surface area contributed by atoms with Gasteiger partial charge in [0.2, 0.25) is 0 Å². The number of carbonyl (C=O) groups is 1. The largest absolute Gasteiger partial charge is 0.484 e. The Hall–Kier alpha value is -3.09. The van der Waals surface area contributed by atoms with E-state index < -0.39 is 0 Å². The molecule has 2 heterocycles. The number of carbonyl (C=O) groups excluding carboxylic acids is 1. The predicted molar refractivity (Wildman–Crippen MR) is 96.1 cm³/mol. The van der Waals surface area contributed by atoms with Crippen molar-refractivity contribution in [3.05, 3.63) is 47.4 Å². The number of ether oxygens (including phenoxy) is 1. The van der Waals surface area contributed by atoms with Crippen LogP contribution in [0.5, 0.6) is 5.75 Å². The third-order valence-corrected chi connectivity index (χ3v) is 3.86. The molecule has 26 heavy (non-hydrogen) atoms. The number of anilines is 1. The lowest BCUT2D eigenvalue weighted by molar-refractivity contribution is -0.118. The van der Waals surface area contributed by atoms with Gasteiger partial charge in [0.15, 0.2) is 6.61 Å². The number of furan rings is 1. The second-order valence-electron chi connectivity index (χ2n) is 6.30. The van der Waals surface area contributed by atoms with Crippen LogP contribution in [0.4, 0.5) is 6.01 Å². The molecule has 0 saturated heterocycles. The number of benzene rings is 1. The lowest BCUT2D eigenvalue weighted by Crippen LogP contribution is -2.20. The number of amides is 1. The van der Waals surface area contributed by atoms with E-state index in [1.807, 2.05) is 38.1 Å². The number of nitrogens with zero attached hydrogens (tertiary/aromatic N) is 2. The quantitative estimate of drug-likeness (QED) is 0.716. The minimum atomic E-state index is -0.381. The first-order chi connectivity index (χ1) is 12.4. The average Bonchev–Trinajstić information content (AvgIpc) is 3.19. The first kappa shape index (κ1) is 17.7. The number of hydrogen-bond donors (Lipinski definition) is 1. The molecular weight excluding hydrogens is 334 g/mol. The fourth-order valence-corrected chi connectivity index (χ4v) is 2.48. The summed E-state index contributed by atoms with van der Waals surface area (Å²) in [6, 6.07) is 9.48. The van der Waals surface area contributed by atoms with Crippen molar-refractivity contribution in [2.24, 2.45) is 0 Å². The number of rotatable bonds is 6. The number of hydrogen-bond acceptors (Lipinski definition) is 6. The van der Waals surface area contributed by atoms with Gasteiger partial charge >= 0.3 is 6.01 Å². The van der Waals surface area contributed by atoms with Crippen LogP contribution in [0.1, 0.15) is 36.8 Å². The molecule has 0 aliphatic rings. The number of aromatic nitrogens is 2. The highest BCUT2D eigenvalue weighted by atomic mass is 16.5. The van der Waals surface area contributed by atoms with Gasteiger partial charge in [-0.2, -0.15) is 0 Å². The van der Waals surface area contributed by atoms with Crippen LogP contribution in [0.2, 0.25) is 0 Å². The predicted octanol–water partition coefficient (Wildman–Crippen LogP) is 4.09. The van der Waals surface area contributed by atoms with Crippen LogP contribution in [0.25, 0.3) is 11.5 Å². The van der Waals surface area contributed by atoms with Gasteiger partial charge in [-0.1, -0.05) is 31.1 Å². The fourth-order valence-electron chi connectivity index (χ4n) is 2.48. The van der Waals surface area contributed by atoms with Crippen molar-refractivity contribution < 1.29 is 18.4 Å². The van der Waals surface area contributed by atoms with Crippen molar-refractivity contribution in [1.82, 2.24) is 10.2 Å². The molecule has 1 aromatic carbocycles. The second kappa shape index (κ2) is 7.43. The summed E-state index contributed by atoms with van der Waals surface area (Å²) in [6.07, 6.45) is 0. The zero-order chi connectivity index (χ0) is 18.7. The summed E-state index contributed by atoms with van der Waals surface area (Å²) in [7, 11) is 0. The van der Waals surface area contributed by atoms with Gasteiger partial charge in [-0.05, 0) is 43.5 Å². The molecule has 0 spiro atoms. The molecule has 0 aliphatic carbocycles. The maximum Gasteiger partial charge on any atom is 0.322 e. The lowest BCUT2D eigenvalue weighted by Gasteiger charge is -2.08. The van der Waals surface area contributed by atoms with Crippen LogP contribution in [0.15, 0.2) is 39.2 Å². The highest BCUT2D eigenvalue weighted by molar-refractivity contribution is 5.89. The summed E-state index contributed by atoms with van der Waals surface area (Å²) in [5.74, 6) is 2.41. The summed E-state index contributed by atoms with van der Waals surface area (Å²) in [5.41, 5.74) is 1.92. The molecule has 3 aromatic rings. The Morgan fingerprint density at radius 2 is 1.88 bits per heavy atom. The van der Waals surface area contributed by atoms with E-state index in [0.717, 1.165) is 5.76 Å². The molecule has 0 bridgehead atoms. The van der Waals surface area contributed by atoms with Gasteiger partial charge in [-0.15, -0.1) is 5.10 Å². The van der Waals surface area contributed by atoms with Crippen LogP contribution in [0, 0.1) is 13.8 Å². The highest BCUT2D eigenvalue weighted by Crippen LogP contribution is 2.26. The molecule has 2 aromatic heterocycles. The number of aryl methyl sites for hydroxylation is 2. The van der Waals surface area contributed by atoms with Gasteiger partial charge in [0, 0.05) is 0 Å². The molecule has 0 saturated carbocycles. The minimum absolute atomic E-state index is 0.0157. The van der Waals surface area contributed by atoms with Crippen molar-refractivity contribution in [2.45, 2.75) is 33.6 Å². The smallest absolute Gasteiger partial charge is 0.322 e. The average molecular weight is 355 g/mol. The van der Waals surface area contributed by atoms with E-state index in [-0.39, 0.29) is 18.5 Å². The first-order valence-corrected chi connectivity index (χ1v) is 8.36. The van der Waals surface area contributed by atoms with Crippen molar-refractivity contribution >= 4 is 11.9 Å². The highest BCUT2D eigenvalue weighted by Gasteiger charge is 2.16. The molecular formula is C19H21N3O4. The van der Waals surface area contributed by atoms with Gasteiger partial charge in [0.05, 0.1) is 5.56 Å². The Kier molecular flexibility index (Phi) is 5.06. The molecule has 0 fully saturated rings. The summed E-state index contributed by atoms with van der Waals surface area (Å²) < 4.78 is 16.4. The third kappa shape index (κ3) is 4.11. The summed E-state index contributed by atoms with van der Waals surface area (Å²) in [5, 5.41) is 10.3. The van der Waals surface area contributed by atoms with E-state index in [9.17, 15) is 4.79 Å². The van der Waals surface area contributed by atoms with Crippen molar-refractivity contribution in [3.63, 3.8) is 0 Å². The zero-order valence-electron chi connectivity index (χ0n) is 15.2. The Balaban J connectivity index is 1.56. The molecule has 0 radical (unpaired) electrons. The van der Waals surface area contributed by atoms with Crippen LogP contribution < -0.4 is 10.1 Å². The molecule has 7 nitrogen and oxygen atoms in total. The Labute approximate surface area is 151 Å². The van der Waals surface area contributed by atoms with Crippen molar-refractivity contribution in [2.75, 3.05) is 11.9 Å². The third-order valence-electron chi connectivity index (χ3n) is 3.86. The van der Waals surface area contributed by atoms with E-state index in [1.54, 1.807) is 6.07 Å². The van der Waals surface area contributed by atoms with Crippen LogP contribution in [-0.4, -0.2) is 22.7 Å². The Morgan fingerprint density at radius 3 is 2.50 bits per heavy atom. The topological polar surface area (TPSA) is 90.4 Å². The van der Waals surface area contributed by atoms with Crippen LogP contribution >= 0.6 is 0 Å². The first-order valence-electron chi connectivity index (χ1n) is 8.36. The monoisotopic (exact) mass is 355 g/mol. The lowest BCUT2D eigenvalue weighted by atomic mass is 10.0. The van der Waals surface area contributed by atoms with Gasteiger partial charge in [-0.25, -0.2) is 0 Å². The normalized spacial score (nSPS) is 11.0. The summed E-state index contributed by atoms with van der Waals surface area (Å²) in [4.78, 5) is 12.0. The molecule has 1 N–H and O–H groups in total. The standard InChI is InChI=1S/C19H21N3O4/c1-11(2)14-5-7-15(8-6-14)24-10-17(23)20-19-22-21-18(26-19)16-9-12(3)25-13(16)4/h5-9,11H,10H2,1-4H3,(H,20,22,23). The van der Waals surface area contributed by atoms with Crippen LogP contribution in [0.3, 0.4) is 0 Å². The van der Waals surface area contributed by atoms with Gasteiger partial charge < -0.3 is 13.6 Å². The van der Waals surface area contributed by atoms with Crippen LogP contribution in [-0.2, 0) is 4.79 Å². The van der Waals surface area contributed by atoms with Crippen molar-refractivity contribution in [3.8, 4) is 17.2 Å². The molecule has 0 aliphatic heterocycles. The molecule has 136 valence electrons. The second-order valence-corrected chi connectivity index (χ2v) is 6.30. The van der Waals surface area contributed by atoms with Crippen molar-refractivity contribution in [1.29, 1.82) is 0 Å². The van der Waals surface area contributed by atoms with E-state index in [0.29, 0.717) is 28.9 Å². The van der Waals surface area contributed by atoms with E-state index in [4.69, 9.17) is 13.6 Å². The Morgan fingerprint density at radius 1 is 1.15 bits per heavy atom. The molecule has 7 heteroatoms. The molecule has 3 rings (SSSR count). The molecule has 0 atom stereocenters. The number of nitrogens with one attached hydrogen (secondary N) is 1. The summed E-state index contributed by atoms with van der Waals surface area (Å²) >= 11 is 0. The minimum Gasteiger partial charge on any atom is -0.484 e. The summed E-state index contributed by atoms with van der Waals surface area (Å²) in [6.45, 7) is 7.73. The van der Waals surface area contributed by atoms with E-state index >= 15 is 0 Å². The maximum atomic E-state index is 12.0.